The van der Waals surface area contributed by atoms with Crippen molar-refractivity contribution in [2.75, 3.05) is 13.6 Å². The summed E-state index contributed by atoms with van der Waals surface area (Å²) in [5.74, 6) is 0. The fraction of sp³-hybridized carbons (Fsp3) is 0.500. The Morgan fingerprint density at radius 1 is 1.36 bits per heavy atom. The molecule has 0 aromatic rings. The van der Waals surface area contributed by atoms with Gasteiger partial charge in [0.25, 0.3) is 0 Å². The van der Waals surface area contributed by atoms with Gasteiger partial charge in [-0.25, -0.2) is 0 Å². The summed E-state index contributed by atoms with van der Waals surface area (Å²) < 4.78 is 0. The molecule has 0 N–H and O–H groups in total. The highest BCUT2D eigenvalue weighted by atomic mass is 14.7. The van der Waals surface area contributed by atoms with E-state index in [1.54, 1.807) is 7.05 Å². The maximum Gasteiger partial charge on any atom is 0.0593 e. The van der Waals surface area contributed by atoms with Crippen molar-refractivity contribution >= 4 is 11.9 Å². The van der Waals surface area contributed by atoms with E-state index in [4.69, 9.17) is 0 Å². The molecule has 0 saturated heterocycles. The summed E-state index contributed by atoms with van der Waals surface area (Å²) >= 11 is 0. The van der Waals surface area contributed by atoms with E-state index in [0.29, 0.717) is 0 Å². The monoisotopic (exact) mass is 192 g/mol. The fourth-order valence-corrected chi connectivity index (χ4v) is 1.01. The van der Waals surface area contributed by atoms with E-state index in [9.17, 15) is 0 Å². The van der Waals surface area contributed by atoms with Crippen LogP contribution in [0.15, 0.2) is 33.8 Å². The lowest BCUT2D eigenvalue weighted by molar-refractivity contribution is 1.12. The molecule has 0 aliphatic heterocycles. The van der Waals surface area contributed by atoms with E-state index in [1.807, 2.05) is 27.0 Å². The zero-order valence-corrected chi connectivity index (χ0v) is 9.67. The van der Waals surface area contributed by atoms with Crippen molar-refractivity contribution in [3.8, 4) is 0 Å². The standard InChI is InChI=1S/C12H20N2/c1-6-12(9-13-5)7-11(4)14-8-10(2)3/h6,9H,2,7-8H2,1,3-5H3/b12-6-,13-9?,14-11?. The predicted octanol–water partition coefficient (Wildman–Crippen LogP) is 3.06. The summed E-state index contributed by atoms with van der Waals surface area (Å²) in [4.78, 5) is 8.40. The molecule has 2 heteroatoms. The molecule has 0 unspecified atom stereocenters. The van der Waals surface area contributed by atoms with Crippen molar-refractivity contribution in [1.82, 2.24) is 0 Å². The number of rotatable bonds is 5. The van der Waals surface area contributed by atoms with Gasteiger partial charge in [-0.3, -0.25) is 9.98 Å². The first-order valence-corrected chi connectivity index (χ1v) is 4.81. The first-order chi connectivity index (χ1) is 6.60. The van der Waals surface area contributed by atoms with Gasteiger partial charge in [-0.1, -0.05) is 18.2 Å². The van der Waals surface area contributed by atoms with Crippen LogP contribution in [0.5, 0.6) is 0 Å². The molecular formula is C12H20N2. The second-order valence-electron chi connectivity index (χ2n) is 3.44. The van der Waals surface area contributed by atoms with Gasteiger partial charge in [-0.2, -0.15) is 0 Å². The molecule has 0 aromatic heterocycles. The van der Waals surface area contributed by atoms with Crippen LogP contribution in [0.1, 0.15) is 27.2 Å². The molecule has 0 aromatic carbocycles. The van der Waals surface area contributed by atoms with E-state index < -0.39 is 0 Å². The minimum Gasteiger partial charge on any atom is -0.296 e. The topological polar surface area (TPSA) is 24.7 Å². The summed E-state index contributed by atoms with van der Waals surface area (Å²) in [5, 5.41) is 0. The molecule has 0 aliphatic rings. The van der Waals surface area contributed by atoms with Crippen LogP contribution in [0, 0.1) is 0 Å². The van der Waals surface area contributed by atoms with Crippen LogP contribution >= 0.6 is 0 Å². The average Bonchev–Trinajstić information content (AvgIpc) is 2.14. The summed E-state index contributed by atoms with van der Waals surface area (Å²) in [6.45, 7) is 10.6. The molecule has 0 saturated carbocycles. The molecule has 14 heavy (non-hydrogen) atoms. The van der Waals surface area contributed by atoms with Crippen molar-refractivity contribution in [3.63, 3.8) is 0 Å². The van der Waals surface area contributed by atoms with Crippen LogP contribution in [0.3, 0.4) is 0 Å². The minimum absolute atomic E-state index is 0.728. The van der Waals surface area contributed by atoms with Gasteiger partial charge in [0.2, 0.25) is 0 Å². The van der Waals surface area contributed by atoms with Crippen molar-refractivity contribution in [2.24, 2.45) is 9.98 Å². The van der Waals surface area contributed by atoms with Gasteiger partial charge >= 0.3 is 0 Å². The Bertz CT molecular complexity index is 270. The van der Waals surface area contributed by atoms with Crippen LogP contribution < -0.4 is 0 Å². The molecule has 78 valence electrons. The number of allylic oxidation sites excluding steroid dienone is 2. The van der Waals surface area contributed by atoms with E-state index in [2.05, 4.69) is 22.6 Å². The van der Waals surface area contributed by atoms with Crippen molar-refractivity contribution in [2.45, 2.75) is 27.2 Å². The first-order valence-electron chi connectivity index (χ1n) is 4.81. The van der Waals surface area contributed by atoms with Gasteiger partial charge < -0.3 is 0 Å². The molecule has 0 spiro atoms. The van der Waals surface area contributed by atoms with Gasteiger partial charge in [0.1, 0.15) is 0 Å². The molecule has 0 radical (unpaired) electrons. The molecule has 0 fully saturated rings. The van der Waals surface area contributed by atoms with Crippen LogP contribution in [0.2, 0.25) is 0 Å². The Labute approximate surface area is 87.2 Å². The van der Waals surface area contributed by atoms with Crippen molar-refractivity contribution in [3.05, 3.63) is 23.8 Å². The summed E-state index contributed by atoms with van der Waals surface area (Å²) in [6, 6.07) is 0. The lowest BCUT2D eigenvalue weighted by Crippen LogP contribution is -1.98. The second-order valence-corrected chi connectivity index (χ2v) is 3.44. The number of hydrogen-bond donors (Lipinski definition) is 0. The van der Waals surface area contributed by atoms with E-state index in [1.165, 1.54) is 5.57 Å². The van der Waals surface area contributed by atoms with E-state index in [0.717, 1.165) is 24.3 Å². The molecule has 0 bridgehead atoms. The van der Waals surface area contributed by atoms with E-state index >= 15 is 0 Å². The smallest absolute Gasteiger partial charge is 0.0593 e. The third-order valence-electron chi connectivity index (χ3n) is 1.74. The Balaban J connectivity index is 4.22. The molecule has 0 rings (SSSR count). The molecule has 0 aliphatic carbocycles. The normalized spacial score (nSPS) is 13.7. The molecular weight excluding hydrogens is 172 g/mol. The molecule has 0 atom stereocenters. The Hall–Kier alpha value is -1.18. The Morgan fingerprint density at radius 3 is 2.43 bits per heavy atom. The first kappa shape index (κ1) is 12.8. The predicted molar refractivity (Wildman–Crippen MR) is 65.6 cm³/mol. The SMILES string of the molecule is C=C(C)CN=C(C)C/C(C=NC)=C/C. The highest BCUT2D eigenvalue weighted by molar-refractivity contribution is 5.92. The lowest BCUT2D eigenvalue weighted by atomic mass is 10.1. The fourth-order valence-electron chi connectivity index (χ4n) is 1.01. The minimum atomic E-state index is 0.728. The molecule has 0 amide bonds. The lowest BCUT2D eigenvalue weighted by Gasteiger charge is -2.01. The molecule has 0 heterocycles. The van der Waals surface area contributed by atoms with E-state index in [-0.39, 0.29) is 0 Å². The second kappa shape index (κ2) is 7.25. The van der Waals surface area contributed by atoms with Gasteiger partial charge in [-0.05, 0) is 26.3 Å². The van der Waals surface area contributed by atoms with Crippen molar-refractivity contribution < 1.29 is 0 Å². The maximum atomic E-state index is 4.41. The van der Waals surface area contributed by atoms with Crippen LogP contribution in [0.25, 0.3) is 0 Å². The van der Waals surface area contributed by atoms with Crippen LogP contribution in [-0.2, 0) is 0 Å². The zero-order valence-electron chi connectivity index (χ0n) is 9.67. The average molecular weight is 192 g/mol. The Kier molecular flexibility index (Phi) is 6.63. The highest BCUT2D eigenvalue weighted by Gasteiger charge is 1.95. The summed E-state index contributed by atoms with van der Waals surface area (Å²) in [6.07, 6.45) is 4.81. The number of nitrogens with zero attached hydrogens (tertiary/aromatic N) is 2. The highest BCUT2D eigenvalue weighted by Crippen LogP contribution is 2.01. The number of hydrogen-bond acceptors (Lipinski definition) is 2. The summed E-state index contributed by atoms with van der Waals surface area (Å²) in [7, 11) is 1.78. The van der Waals surface area contributed by atoms with Crippen LogP contribution in [-0.4, -0.2) is 25.5 Å². The van der Waals surface area contributed by atoms with Crippen LogP contribution in [0.4, 0.5) is 0 Å². The van der Waals surface area contributed by atoms with Gasteiger partial charge in [-0.15, -0.1) is 0 Å². The van der Waals surface area contributed by atoms with Gasteiger partial charge in [0.05, 0.1) is 6.54 Å². The third-order valence-corrected chi connectivity index (χ3v) is 1.74. The number of aliphatic imine (C=N–C) groups is 2. The van der Waals surface area contributed by atoms with Gasteiger partial charge in [0, 0.05) is 25.4 Å². The molecule has 2 nitrogen and oxygen atoms in total. The quantitative estimate of drug-likeness (QED) is 0.472. The Morgan fingerprint density at radius 2 is 2.00 bits per heavy atom. The maximum absolute atomic E-state index is 4.41. The zero-order chi connectivity index (χ0) is 11.0. The third kappa shape index (κ3) is 6.35. The largest absolute Gasteiger partial charge is 0.296 e. The van der Waals surface area contributed by atoms with Crippen molar-refractivity contribution in [1.29, 1.82) is 0 Å². The van der Waals surface area contributed by atoms with Gasteiger partial charge in [0.15, 0.2) is 0 Å². The summed E-state index contributed by atoms with van der Waals surface area (Å²) in [5.41, 5.74) is 3.42.